The van der Waals surface area contributed by atoms with Crippen LogP contribution in [-0.2, 0) is 11.3 Å². The lowest BCUT2D eigenvalue weighted by Crippen LogP contribution is -2.23. The number of nitriles is 1. The number of hydrogen-bond donors (Lipinski definition) is 0. The Bertz CT molecular complexity index is 696. The minimum Gasteiger partial charge on any atom is -0.376 e. The summed E-state index contributed by atoms with van der Waals surface area (Å²) in [6.45, 7) is 5.07. The van der Waals surface area contributed by atoms with Gasteiger partial charge in [-0.2, -0.15) is 5.26 Å². The van der Waals surface area contributed by atoms with Gasteiger partial charge in [0.2, 0.25) is 5.95 Å². The molecule has 0 saturated carbocycles. The maximum absolute atomic E-state index is 9.03. The zero-order valence-electron chi connectivity index (χ0n) is 13.3. The molecule has 1 aromatic carbocycles. The van der Waals surface area contributed by atoms with E-state index in [0.29, 0.717) is 24.2 Å². The molecule has 2 aromatic rings. The third-order valence-corrected chi connectivity index (χ3v) is 3.99. The Hall–Kier alpha value is -2.45. The molecule has 0 radical (unpaired) electrons. The lowest BCUT2D eigenvalue weighted by molar-refractivity contribution is 0.0929. The number of rotatable bonds is 5. The summed E-state index contributed by atoms with van der Waals surface area (Å²) in [6, 6.07) is 14.0. The molecule has 0 aliphatic carbocycles. The second-order valence-corrected chi connectivity index (χ2v) is 5.91. The molecule has 5 heteroatoms. The van der Waals surface area contributed by atoms with Crippen LogP contribution in [-0.4, -0.2) is 29.7 Å². The summed E-state index contributed by atoms with van der Waals surface area (Å²) in [4.78, 5) is 10.9. The quantitative estimate of drug-likeness (QED) is 0.850. The molecule has 0 N–H and O–H groups in total. The van der Waals surface area contributed by atoms with E-state index in [-0.39, 0.29) is 0 Å². The number of hydrogen-bond acceptors (Lipinski definition) is 5. The van der Waals surface area contributed by atoms with Crippen molar-refractivity contribution in [3.63, 3.8) is 0 Å². The maximum atomic E-state index is 9.03. The first-order valence-electron chi connectivity index (χ1n) is 7.87. The van der Waals surface area contributed by atoms with Crippen molar-refractivity contribution in [2.45, 2.75) is 20.0 Å². The van der Waals surface area contributed by atoms with Crippen LogP contribution < -0.4 is 4.90 Å². The fraction of sp³-hybridized carbons (Fsp3) is 0.389. The van der Waals surface area contributed by atoms with Gasteiger partial charge in [0.25, 0.3) is 0 Å². The predicted octanol–water partition coefficient (Wildman–Crippen LogP) is 2.70. The summed E-state index contributed by atoms with van der Waals surface area (Å²) in [7, 11) is 0. The van der Waals surface area contributed by atoms with Crippen LogP contribution in [0.5, 0.6) is 0 Å². The SMILES string of the molecule is Cc1cc(C#N)nc(N2CC[C@H](COCc3ccccc3)C2)n1. The van der Waals surface area contributed by atoms with Gasteiger partial charge in [-0.1, -0.05) is 30.3 Å². The zero-order valence-corrected chi connectivity index (χ0v) is 13.3. The summed E-state index contributed by atoms with van der Waals surface area (Å²) in [6.07, 6.45) is 1.06. The molecule has 1 aromatic heterocycles. The number of nitrogens with zero attached hydrogens (tertiary/aromatic N) is 4. The number of aryl methyl sites for hydroxylation is 1. The highest BCUT2D eigenvalue weighted by Gasteiger charge is 2.25. The van der Waals surface area contributed by atoms with E-state index in [4.69, 9.17) is 10.00 Å². The van der Waals surface area contributed by atoms with E-state index in [2.05, 4.69) is 33.1 Å². The van der Waals surface area contributed by atoms with Crippen molar-refractivity contribution < 1.29 is 4.74 Å². The molecular weight excluding hydrogens is 288 g/mol. The van der Waals surface area contributed by atoms with Gasteiger partial charge in [-0.05, 0) is 25.0 Å². The Morgan fingerprint density at radius 2 is 2.13 bits per heavy atom. The summed E-state index contributed by atoms with van der Waals surface area (Å²) in [5.74, 6) is 1.14. The second-order valence-electron chi connectivity index (χ2n) is 5.91. The van der Waals surface area contributed by atoms with Crippen LogP contribution in [0.25, 0.3) is 0 Å². The van der Waals surface area contributed by atoms with Crippen molar-refractivity contribution >= 4 is 5.95 Å². The van der Waals surface area contributed by atoms with Gasteiger partial charge in [-0.25, -0.2) is 9.97 Å². The molecule has 23 heavy (non-hydrogen) atoms. The minimum absolute atomic E-state index is 0.427. The molecule has 118 valence electrons. The van der Waals surface area contributed by atoms with Crippen LogP contribution in [0.1, 0.15) is 23.4 Å². The Labute approximate surface area is 136 Å². The molecule has 0 spiro atoms. The lowest BCUT2D eigenvalue weighted by Gasteiger charge is -2.17. The molecule has 5 nitrogen and oxygen atoms in total. The Balaban J connectivity index is 1.52. The van der Waals surface area contributed by atoms with Crippen LogP contribution in [0.4, 0.5) is 5.95 Å². The van der Waals surface area contributed by atoms with Crippen LogP contribution in [0, 0.1) is 24.2 Å². The largest absolute Gasteiger partial charge is 0.376 e. The highest BCUT2D eigenvalue weighted by molar-refractivity contribution is 5.37. The lowest BCUT2D eigenvalue weighted by atomic mass is 10.1. The molecule has 0 bridgehead atoms. The van der Waals surface area contributed by atoms with Gasteiger partial charge in [-0.15, -0.1) is 0 Å². The first-order chi connectivity index (χ1) is 11.2. The van der Waals surface area contributed by atoms with Gasteiger partial charge < -0.3 is 9.64 Å². The van der Waals surface area contributed by atoms with E-state index < -0.39 is 0 Å². The van der Waals surface area contributed by atoms with E-state index >= 15 is 0 Å². The van der Waals surface area contributed by atoms with Crippen LogP contribution in [0.2, 0.25) is 0 Å². The molecule has 1 fully saturated rings. The second kappa shape index (κ2) is 7.21. The highest BCUT2D eigenvalue weighted by Crippen LogP contribution is 2.22. The first-order valence-corrected chi connectivity index (χ1v) is 7.87. The van der Waals surface area contributed by atoms with E-state index in [1.54, 1.807) is 6.07 Å². The molecule has 1 aliphatic heterocycles. The van der Waals surface area contributed by atoms with Crippen molar-refractivity contribution in [1.82, 2.24) is 9.97 Å². The van der Waals surface area contributed by atoms with Crippen molar-refractivity contribution in [3.05, 3.63) is 53.3 Å². The van der Waals surface area contributed by atoms with Crippen molar-refractivity contribution in [2.75, 3.05) is 24.6 Å². The average Bonchev–Trinajstić information content (AvgIpc) is 3.04. The molecule has 0 amide bonds. The number of benzene rings is 1. The van der Waals surface area contributed by atoms with Gasteiger partial charge in [0.05, 0.1) is 13.2 Å². The number of aromatic nitrogens is 2. The third-order valence-electron chi connectivity index (χ3n) is 3.99. The van der Waals surface area contributed by atoms with E-state index in [1.165, 1.54) is 5.56 Å². The van der Waals surface area contributed by atoms with Gasteiger partial charge in [0, 0.05) is 24.7 Å². The molecule has 3 rings (SSSR count). The predicted molar refractivity (Wildman–Crippen MR) is 87.9 cm³/mol. The fourth-order valence-corrected chi connectivity index (χ4v) is 2.82. The Morgan fingerprint density at radius 1 is 1.30 bits per heavy atom. The van der Waals surface area contributed by atoms with Crippen LogP contribution >= 0.6 is 0 Å². The first kappa shape index (κ1) is 15.4. The summed E-state index contributed by atoms with van der Waals surface area (Å²) in [5, 5.41) is 9.03. The fourth-order valence-electron chi connectivity index (χ4n) is 2.82. The van der Waals surface area contributed by atoms with Crippen molar-refractivity contribution in [2.24, 2.45) is 5.92 Å². The summed E-state index contributed by atoms with van der Waals surface area (Å²) in [5.41, 5.74) is 2.45. The molecule has 0 unspecified atom stereocenters. The topological polar surface area (TPSA) is 62.0 Å². The standard InChI is InChI=1S/C18H20N4O/c1-14-9-17(10-19)21-18(20-14)22-8-7-16(11-22)13-23-12-15-5-3-2-4-6-15/h2-6,9,16H,7-8,11-13H2,1H3/t16-/m0/s1. The molecule has 1 atom stereocenters. The van der Waals surface area contributed by atoms with Gasteiger partial charge in [0.1, 0.15) is 11.8 Å². The maximum Gasteiger partial charge on any atom is 0.226 e. The molecule has 2 heterocycles. The summed E-state index contributed by atoms with van der Waals surface area (Å²) >= 11 is 0. The van der Waals surface area contributed by atoms with Crippen molar-refractivity contribution in [1.29, 1.82) is 5.26 Å². The van der Waals surface area contributed by atoms with E-state index in [1.807, 2.05) is 25.1 Å². The Kier molecular flexibility index (Phi) is 4.84. The molecular formula is C18H20N4O. The highest BCUT2D eigenvalue weighted by atomic mass is 16.5. The average molecular weight is 308 g/mol. The monoisotopic (exact) mass is 308 g/mol. The van der Waals surface area contributed by atoms with E-state index in [0.717, 1.165) is 31.8 Å². The molecule has 1 aliphatic rings. The Morgan fingerprint density at radius 3 is 2.91 bits per heavy atom. The molecule has 1 saturated heterocycles. The van der Waals surface area contributed by atoms with Gasteiger partial charge in [0.15, 0.2) is 0 Å². The third kappa shape index (κ3) is 4.05. The van der Waals surface area contributed by atoms with E-state index in [9.17, 15) is 0 Å². The van der Waals surface area contributed by atoms with Gasteiger partial charge >= 0.3 is 0 Å². The normalized spacial score (nSPS) is 17.2. The van der Waals surface area contributed by atoms with Crippen LogP contribution in [0.15, 0.2) is 36.4 Å². The minimum atomic E-state index is 0.427. The summed E-state index contributed by atoms with van der Waals surface area (Å²) < 4.78 is 5.84. The zero-order chi connectivity index (χ0) is 16.1. The smallest absolute Gasteiger partial charge is 0.226 e. The van der Waals surface area contributed by atoms with Crippen LogP contribution in [0.3, 0.4) is 0 Å². The van der Waals surface area contributed by atoms with Crippen molar-refractivity contribution in [3.8, 4) is 6.07 Å². The number of anilines is 1. The number of ether oxygens (including phenoxy) is 1. The van der Waals surface area contributed by atoms with Gasteiger partial charge in [-0.3, -0.25) is 0 Å².